The number of methoxy groups -OCH3 is 1. The number of carboxylic acid groups (broad SMARTS) is 1. The van der Waals surface area contributed by atoms with E-state index in [4.69, 9.17) is 5.11 Å². The zero-order valence-corrected chi connectivity index (χ0v) is 10.1. The summed E-state index contributed by atoms with van der Waals surface area (Å²) in [4.78, 5) is 22.2. The standard InChI is InChI=1S/C11H16N2O4/c1-7(2)13-5-4-8(12-13)6-9(10(14)15)11(16)17-3/h4-5,7,9H,6H2,1-3H3,(H,14,15). The maximum absolute atomic E-state index is 11.3. The van der Waals surface area contributed by atoms with Crippen molar-refractivity contribution < 1.29 is 19.4 Å². The Morgan fingerprint density at radius 3 is 2.59 bits per heavy atom. The van der Waals surface area contributed by atoms with Gasteiger partial charge < -0.3 is 9.84 Å². The summed E-state index contributed by atoms with van der Waals surface area (Å²) < 4.78 is 6.16. The van der Waals surface area contributed by atoms with Crippen molar-refractivity contribution in [2.75, 3.05) is 7.11 Å². The minimum absolute atomic E-state index is 0.0434. The number of carbonyl (C=O) groups is 2. The summed E-state index contributed by atoms with van der Waals surface area (Å²) in [5, 5.41) is 13.1. The largest absolute Gasteiger partial charge is 0.481 e. The average molecular weight is 240 g/mol. The summed E-state index contributed by atoms with van der Waals surface area (Å²) in [5.41, 5.74) is 0.566. The van der Waals surface area contributed by atoms with Crippen molar-refractivity contribution >= 4 is 11.9 Å². The summed E-state index contributed by atoms with van der Waals surface area (Å²) in [6.45, 7) is 3.93. The molecule has 0 spiro atoms. The number of ether oxygens (including phenoxy) is 1. The van der Waals surface area contributed by atoms with Gasteiger partial charge in [0, 0.05) is 18.7 Å². The zero-order valence-electron chi connectivity index (χ0n) is 10.1. The van der Waals surface area contributed by atoms with Gasteiger partial charge in [-0.15, -0.1) is 0 Å². The molecule has 1 atom stereocenters. The van der Waals surface area contributed by atoms with Crippen molar-refractivity contribution in [2.24, 2.45) is 5.92 Å². The Kier molecular flexibility index (Phi) is 4.25. The molecule has 0 aromatic carbocycles. The van der Waals surface area contributed by atoms with E-state index in [2.05, 4.69) is 9.84 Å². The fourth-order valence-corrected chi connectivity index (χ4v) is 1.40. The molecule has 0 fully saturated rings. The average Bonchev–Trinajstić information content (AvgIpc) is 2.73. The first-order chi connectivity index (χ1) is 7.95. The summed E-state index contributed by atoms with van der Waals surface area (Å²) >= 11 is 0. The Morgan fingerprint density at radius 1 is 1.53 bits per heavy atom. The smallest absolute Gasteiger partial charge is 0.320 e. The van der Waals surface area contributed by atoms with Crippen LogP contribution in [-0.4, -0.2) is 33.9 Å². The molecular weight excluding hydrogens is 224 g/mol. The monoisotopic (exact) mass is 240 g/mol. The lowest BCUT2D eigenvalue weighted by molar-refractivity contribution is -0.156. The maximum Gasteiger partial charge on any atom is 0.320 e. The van der Waals surface area contributed by atoms with Crippen LogP contribution in [0.25, 0.3) is 0 Å². The number of rotatable bonds is 5. The first-order valence-electron chi connectivity index (χ1n) is 5.30. The summed E-state index contributed by atoms with van der Waals surface area (Å²) in [7, 11) is 1.17. The van der Waals surface area contributed by atoms with Crippen LogP contribution in [-0.2, 0) is 20.7 Å². The molecule has 1 N–H and O–H groups in total. The molecule has 0 saturated heterocycles. The minimum Gasteiger partial charge on any atom is -0.481 e. The molecule has 0 aliphatic rings. The Labute approximate surface area is 99.2 Å². The summed E-state index contributed by atoms with van der Waals surface area (Å²) in [6.07, 6.45) is 1.80. The van der Waals surface area contributed by atoms with Gasteiger partial charge in [0.1, 0.15) is 0 Å². The second kappa shape index (κ2) is 5.47. The molecule has 0 aliphatic heterocycles. The highest BCUT2D eigenvalue weighted by Gasteiger charge is 2.28. The van der Waals surface area contributed by atoms with E-state index < -0.39 is 17.9 Å². The van der Waals surface area contributed by atoms with Gasteiger partial charge >= 0.3 is 11.9 Å². The number of hydrogen-bond donors (Lipinski definition) is 1. The second-order valence-corrected chi connectivity index (χ2v) is 4.00. The summed E-state index contributed by atoms with van der Waals surface area (Å²) in [5.74, 6) is -3.15. The van der Waals surface area contributed by atoms with Gasteiger partial charge in [0.2, 0.25) is 0 Å². The molecule has 0 aliphatic carbocycles. The first kappa shape index (κ1) is 13.2. The Bertz CT molecular complexity index is 411. The van der Waals surface area contributed by atoms with Gasteiger partial charge in [-0.3, -0.25) is 14.3 Å². The molecular formula is C11H16N2O4. The molecule has 6 nitrogen and oxygen atoms in total. The fourth-order valence-electron chi connectivity index (χ4n) is 1.40. The van der Waals surface area contributed by atoms with Crippen LogP contribution in [0.15, 0.2) is 12.3 Å². The number of carboxylic acids is 1. The highest BCUT2D eigenvalue weighted by molar-refractivity contribution is 5.94. The van der Waals surface area contributed by atoms with Crippen molar-refractivity contribution in [1.82, 2.24) is 9.78 Å². The lowest BCUT2D eigenvalue weighted by Gasteiger charge is -2.08. The third-order valence-electron chi connectivity index (χ3n) is 2.39. The third kappa shape index (κ3) is 3.30. The molecule has 0 bridgehead atoms. The van der Waals surface area contributed by atoms with E-state index in [1.54, 1.807) is 16.9 Å². The number of hydrogen-bond acceptors (Lipinski definition) is 4. The number of carbonyl (C=O) groups excluding carboxylic acids is 1. The number of esters is 1. The molecule has 1 heterocycles. The number of nitrogens with zero attached hydrogens (tertiary/aromatic N) is 2. The molecule has 0 saturated carbocycles. The molecule has 17 heavy (non-hydrogen) atoms. The van der Waals surface area contributed by atoms with Crippen LogP contribution in [0.5, 0.6) is 0 Å². The van der Waals surface area contributed by atoms with Gasteiger partial charge in [0.05, 0.1) is 12.8 Å². The van der Waals surface area contributed by atoms with Crippen LogP contribution >= 0.6 is 0 Å². The van der Waals surface area contributed by atoms with Crippen LogP contribution in [0.3, 0.4) is 0 Å². The van der Waals surface area contributed by atoms with Gasteiger partial charge in [0.25, 0.3) is 0 Å². The molecule has 0 amide bonds. The van der Waals surface area contributed by atoms with Crippen LogP contribution in [0.1, 0.15) is 25.6 Å². The molecule has 1 rings (SSSR count). The lowest BCUT2D eigenvalue weighted by Crippen LogP contribution is -2.27. The molecule has 0 radical (unpaired) electrons. The highest BCUT2D eigenvalue weighted by Crippen LogP contribution is 2.11. The predicted molar refractivity (Wildman–Crippen MR) is 59.5 cm³/mol. The van der Waals surface area contributed by atoms with Crippen molar-refractivity contribution in [3.8, 4) is 0 Å². The van der Waals surface area contributed by atoms with Crippen LogP contribution in [0.2, 0.25) is 0 Å². The van der Waals surface area contributed by atoms with Gasteiger partial charge in [-0.05, 0) is 19.9 Å². The number of aromatic nitrogens is 2. The van der Waals surface area contributed by atoms with E-state index >= 15 is 0 Å². The van der Waals surface area contributed by atoms with Gasteiger partial charge in [0.15, 0.2) is 5.92 Å². The van der Waals surface area contributed by atoms with Gasteiger partial charge in [-0.1, -0.05) is 0 Å². The molecule has 1 aromatic rings. The van der Waals surface area contributed by atoms with Crippen molar-refractivity contribution in [2.45, 2.75) is 26.3 Å². The van der Waals surface area contributed by atoms with Crippen LogP contribution in [0.4, 0.5) is 0 Å². The molecule has 94 valence electrons. The van der Waals surface area contributed by atoms with Crippen molar-refractivity contribution in [3.05, 3.63) is 18.0 Å². The van der Waals surface area contributed by atoms with E-state index in [0.717, 1.165) is 0 Å². The van der Waals surface area contributed by atoms with Crippen LogP contribution < -0.4 is 0 Å². The van der Waals surface area contributed by atoms with Crippen molar-refractivity contribution in [1.29, 1.82) is 0 Å². The zero-order chi connectivity index (χ0) is 13.0. The Morgan fingerprint density at radius 2 is 2.18 bits per heavy atom. The summed E-state index contributed by atoms with van der Waals surface area (Å²) in [6, 6.07) is 1.91. The lowest BCUT2D eigenvalue weighted by atomic mass is 10.0. The van der Waals surface area contributed by atoms with Crippen molar-refractivity contribution in [3.63, 3.8) is 0 Å². The predicted octanol–water partition coefficient (Wildman–Crippen LogP) is 0.880. The van der Waals surface area contributed by atoms with E-state index in [1.807, 2.05) is 13.8 Å². The van der Waals surface area contributed by atoms with Crippen LogP contribution in [0, 0.1) is 5.92 Å². The van der Waals surface area contributed by atoms with E-state index in [9.17, 15) is 9.59 Å². The Hall–Kier alpha value is -1.85. The van der Waals surface area contributed by atoms with E-state index in [-0.39, 0.29) is 12.5 Å². The molecule has 1 unspecified atom stereocenters. The van der Waals surface area contributed by atoms with Gasteiger partial charge in [-0.25, -0.2) is 0 Å². The number of aliphatic carboxylic acids is 1. The van der Waals surface area contributed by atoms with Gasteiger partial charge in [-0.2, -0.15) is 5.10 Å². The molecule has 1 aromatic heterocycles. The quantitative estimate of drug-likeness (QED) is 0.610. The van der Waals surface area contributed by atoms with E-state index in [0.29, 0.717) is 5.69 Å². The fraction of sp³-hybridized carbons (Fsp3) is 0.545. The normalized spacial score (nSPS) is 12.5. The minimum atomic E-state index is -1.20. The highest BCUT2D eigenvalue weighted by atomic mass is 16.5. The maximum atomic E-state index is 11.3. The topological polar surface area (TPSA) is 81.4 Å². The first-order valence-corrected chi connectivity index (χ1v) is 5.30. The SMILES string of the molecule is COC(=O)C(Cc1ccn(C(C)C)n1)C(=O)O. The third-order valence-corrected chi connectivity index (χ3v) is 2.39. The Balaban J connectivity index is 2.79. The second-order valence-electron chi connectivity index (χ2n) is 4.00. The molecule has 6 heteroatoms. The van der Waals surface area contributed by atoms with E-state index in [1.165, 1.54) is 7.11 Å².